The van der Waals surface area contributed by atoms with Gasteiger partial charge in [-0.15, -0.1) is 0 Å². The highest BCUT2D eigenvalue weighted by molar-refractivity contribution is 5.85. The first-order valence-electron chi connectivity index (χ1n) is 8.41. The van der Waals surface area contributed by atoms with Gasteiger partial charge in [0.15, 0.2) is 6.29 Å². The minimum Gasteiger partial charge on any atom is -0.368 e. The van der Waals surface area contributed by atoms with E-state index in [1.807, 2.05) is 6.08 Å². The minimum absolute atomic E-state index is 0.320. The van der Waals surface area contributed by atoms with Crippen LogP contribution >= 0.6 is 0 Å². The van der Waals surface area contributed by atoms with Crippen LogP contribution in [0.2, 0.25) is 0 Å². The first kappa shape index (κ1) is 19.5. The first-order chi connectivity index (χ1) is 12.6. The van der Waals surface area contributed by atoms with Gasteiger partial charge in [-0.2, -0.15) is 0 Å². The largest absolute Gasteiger partial charge is 0.368 e. The zero-order valence-electron chi connectivity index (χ0n) is 14.6. The highest BCUT2D eigenvalue weighted by Gasteiger charge is 2.12. The fraction of sp³-hybridized carbons (Fsp3) is 0.250. The number of nitrogens with zero attached hydrogens (tertiary/aromatic N) is 2. The normalized spacial score (nSPS) is 11.6. The fourth-order valence-corrected chi connectivity index (χ4v) is 2.64. The molecule has 136 valence electrons. The molecule has 1 aromatic carbocycles. The maximum atomic E-state index is 10.6. The second kappa shape index (κ2) is 9.60. The zero-order valence-corrected chi connectivity index (χ0v) is 14.6. The third-order valence-corrected chi connectivity index (χ3v) is 3.88. The molecule has 1 aromatic heterocycles. The van der Waals surface area contributed by atoms with Crippen LogP contribution in [-0.4, -0.2) is 32.9 Å². The van der Waals surface area contributed by atoms with Crippen molar-refractivity contribution in [2.75, 3.05) is 5.32 Å². The number of allylic oxidation sites excluding steroid dienone is 4. The average Bonchev–Trinajstić information content (AvgIpc) is 2.63. The number of benzene rings is 1. The van der Waals surface area contributed by atoms with E-state index in [1.54, 1.807) is 30.4 Å². The number of fused-ring (bicyclic) bond motifs is 1. The fourth-order valence-electron chi connectivity index (χ4n) is 2.64. The summed E-state index contributed by atoms with van der Waals surface area (Å²) in [5, 5.41) is 20.6. The summed E-state index contributed by atoms with van der Waals surface area (Å²) in [7, 11) is 0. The number of hydrogen-bond donors (Lipinski definition) is 3. The molecule has 0 aliphatic rings. The lowest BCUT2D eigenvalue weighted by atomic mass is 10.0. The molecule has 0 aliphatic carbocycles. The molecule has 1 heterocycles. The molecule has 3 N–H and O–H groups in total. The molecule has 2 rings (SSSR count). The SMILES string of the molecule is C=C/C=C(\C=C)c1nc2ccc(NC=O)cc2nc1CCCCC(O)O. The van der Waals surface area contributed by atoms with E-state index in [9.17, 15) is 4.79 Å². The van der Waals surface area contributed by atoms with Crippen LogP contribution in [0.5, 0.6) is 0 Å². The van der Waals surface area contributed by atoms with Crippen LogP contribution in [0.3, 0.4) is 0 Å². The van der Waals surface area contributed by atoms with E-state index in [2.05, 4.69) is 18.5 Å². The average molecular weight is 353 g/mol. The number of unbranched alkanes of at least 4 members (excludes halogenated alkanes) is 1. The second-order valence-electron chi connectivity index (χ2n) is 5.77. The number of amides is 1. The summed E-state index contributed by atoms with van der Waals surface area (Å²) >= 11 is 0. The molecular weight excluding hydrogens is 330 g/mol. The summed E-state index contributed by atoms with van der Waals surface area (Å²) in [6, 6.07) is 5.34. The van der Waals surface area contributed by atoms with Gasteiger partial charge in [-0.25, -0.2) is 9.97 Å². The summed E-state index contributed by atoms with van der Waals surface area (Å²) in [6.45, 7) is 7.56. The molecule has 0 bridgehead atoms. The Kier molecular flexibility index (Phi) is 7.20. The summed E-state index contributed by atoms with van der Waals surface area (Å²) in [5.41, 5.74) is 4.38. The van der Waals surface area contributed by atoms with Crippen LogP contribution in [0.4, 0.5) is 5.69 Å². The molecule has 0 saturated heterocycles. The molecule has 6 nitrogen and oxygen atoms in total. The number of carbonyl (C=O) groups is 1. The standard InChI is InChI=1S/C20H23N3O3/c1-3-7-14(4-2)20-17(8-5-6-9-19(25)26)22-18-12-15(21-13-24)10-11-16(18)23-20/h3-4,7,10-13,19,25-26H,1-2,5-6,8-9H2,(H,21,24)/b14-7+. The molecule has 0 spiro atoms. The van der Waals surface area contributed by atoms with E-state index in [0.29, 0.717) is 42.4 Å². The molecule has 0 unspecified atom stereocenters. The van der Waals surface area contributed by atoms with E-state index in [1.165, 1.54) is 0 Å². The van der Waals surface area contributed by atoms with E-state index >= 15 is 0 Å². The quantitative estimate of drug-likeness (QED) is 0.264. The summed E-state index contributed by atoms with van der Waals surface area (Å²) in [6.07, 6.45) is 6.90. The molecule has 0 aliphatic heterocycles. The monoisotopic (exact) mass is 353 g/mol. The predicted molar refractivity (Wildman–Crippen MR) is 103 cm³/mol. The van der Waals surface area contributed by atoms with Crippen molar-refractivity contribution >= 4 is 28.7 Å². The molecule has 26 heavy (non-hydrogen) atoms. The van der Waals surface area contributed by atoms with Gasteiger partial charge < -0.3 is 15.5 Å². The highest BCUT2D eigenvalue weighted by Crippen LogP contribution is 2.24. The van der Waals surface area contributed by atoms with Crippen LogP contribution in [0.25, 0.3) is 16.6 Å². The third-order valence-electron chi connectivity index (χ3n) is 3.88. The number of aliphatic hydroxyl groups excluding tert-OH is 1. The number of nitrogens with one attached hydrogen (secondary N) is 1. The van der Waals surface area contributed by atoms with Crippen molar-refractivity contribution in [2.45, 2.75) is 32.0 Å². The van der Waals surface area contributed by atoms with E-state index in [-0.39, 0.29) is 0 Å². The Hall–Kier alpha value is -2.83. The number of carbonyl (C=O) groups excluding carboxylic acids is 1. The molecule has 0 radical (unpaired) electrons. The molecule has 0 atom stereocenters. The van der Waals surface area contributed by atoms with Gasteiger partial charge in [0, 0.05) is 11.3 Å². The van der Waals surface area contributed by atoms with Gasteiger partial charge in [0.05, 0.1) is 22.4 Å². The Labute approximate surface area is 152 Å². The van der Waals surface area contributed by atoms with E-state index < -0.39 is 6.29 Å². The van der Waals surface area contributed by atoms with Gasteiger partial charge in [-0.1, -0.05) is 31.4 Å². The van der Waals surface area contributed by atoms with Crippen LogP contribution in [0.1, 0.15) is 30.7 Å². The Balaban J connectivity index is 2.43. The molecule has 2 aromatic rings. The Morgan fingerprint density at radius 3 is 2.65 bits per heavy atom. The predicted octanol–water partition coefficient (Wildman–Crippen LogP) is 2.98. The van der Waals surface area contributed by atoms with Crippen LogP contribution in [-0.2, 0) is 11.2 Å². The molecule has 6 heteroatoms. The number of aromatic nitrogens is 2. The third kappa shape index (κ3) is 5.08. The Morgan fingerprint density at radius 1 is 1.19 bits per heavy atom. The van der Waals surface area contributed by atoms with Gasteiger partial charge in [0.25, 0.3) is 0 Å². The minimum atomic E-state index is -1.29. The number of aliphatic hydroxyl groups is 2. The lowest BCUT2D eigenvalue weighted by molar-refractivity contribution is -0.105. The van der Waals surface area contributed by atoms with Crippen molar-refractivity contribution in [3.8, 4) is 0 Å². The number of aryl methyl sites for hydroxylation is 1. The van der Waals surface area contributed by atoms with E-state index in [0.717, 1.165) is 23.4 Å². The molecule has 0 saturated carbocycles. The van der Waals surface area contributed by atoms with E-state index in [4.69, 9.17) is 20.2 Å². The van der Waals surface area contributed by atoms with Gasteiger partial charge >= 0.3 is 0 Å². The Morgan fingerprint density at radius 2 is 2.00 bits per heavy atom. The van der Waals surface area contributed by atoms with Crippen molar-refractivity contribution in [2.24, 2.45) is 0 Å². The van der Waals surface area contributed by atoms with Crippen LogP contribution < -0.4 is 5.32 Å². The highest BCUT2D eigenvalue weighted by atomic mass is 16.5. The van der Waals surface area contributed by atoms with Crippen molar-refractivity contribution < 1.29 is 15.0 Å². The van der Waals surface area contributed by atoms with Gasteiger partial charge in [-0.05, 0) is 43.9 Å². The Bertz CT molecular complexity index is 828. The van der Waals surface area contributed by atoms with Crippen molar-refractivity contribution in [3.63, 3.8) is 0 Å². The number of anilines is 1. The number of hydrogen-bond acceptors (Lipinski definition) is 5. The first-order valence-corrected chi connectivity index (χ1v) is 8.41. The maximum Gasteiger partial charge on any atom is 0.211 e. The summed E-state index contributed by atoms with van der Waals surface area (Å²) in [5.74, 6) is 0. The summed E-state index contributed by atoms with van der Waals surface area (Å²) in [4.78, 5) is 20.1. The molecule has 0 fully saturated rings. The maximum absolute atomic E-state index is 10.6. The molecule has 1 amide bonds. The second-order valence-corrected chi connectivity index (χ2v) is 5.77. The van der Waals surface area contributed by atoms with Gasteiger partial charge in [0.2, 0.25) is 6.41 Å². The summed E-state index contributed by atoms with van der Waals surface area (Å²) < 4.78 is 0. The van der Waals surface area contributed by atoms with Crippen molar-refractivity contribution in [1.82, 2.24) is 9.97 Å². The van der Waals surface area contributed by atoms with Crippen LogP contribution in [0.15, 0.2) is 49.6 Å². The van der Waals surface area contributed by atoms with Crippen molar-refractivity contribution in [3.05, 3.63) is 61.0 Å². The topological polar surface area (TPSA) is 95.3 Å². The lowest BCUT2D eigenvalue weighted by Gasteiger charge is -2.12. The van der Waals surface area contributed by atoms with Gasteiger partial charge in [0.1, 0.15) is 0 Å². The zero-order chi connectivity index (χ0) is 18.9. The lowest BCUT2D eigenvalue weighted by Crippen LogP contribution is -2.05. The number of rotatable bonds is 10. The van der Waals surface area contributed by atoms with Crippen LogP contribution in [0, 0.1) is 0 Å². The molecular formula is C20H23N3O3. The van der Waals surface area contributed by atoms with Gasteiger partial charge in [-0.3, -0.25) is 4.79 Å². The van der Waals surface area contributed by atoms with Crippen molar-refractivity contribution in [1.29, 1.82) is 0 Å². The smallest absolute Gasteiger partial charge is 0.211 e.